The molecule has 3 aromatic rings. The molecule has 0 radical (unpaired) electrons. The number of amides is 1. The van der Waals surface area contributed by atoms with E-state index in [2.05, 4.69) is 27.9 Å². The third-order valence-electron chi connectivity index (χ3n) is 4.64. The quantitative estimate of drug-likeness (QED) is 0.740. The monoisotopic (exact) mass is 319 g/mol. The van der Waals surface area contributed by atoms with Crippen molar-refractivity contribution >= 4 is 16.8 Å². The van der Waals surface area contributed by atoms with Gasteiger partial charge in [0, 0.05) is 43.4 Å². The van der Waals surface area contributed by atoms with Crippen LogP contribution in [0.25, 0.3) is 10.9 Å². The predicted octanol–water partition coefficient (Wildman–Crippen LogP) is 1.87. The van der Waals surface area contributed by atoms with Gasteiger partial charge in [0.25, 0.3) is 0 Å². The van der Waals surface area contributed by atoms with Crippen LogP contribution in [0.2, 0.25) is 0 Å². The number of para-hydroxylation sites is 1. The molecule has 0 atom stereocenters. The number of carbonyl (C=O) groups is 1. The molecular formula is C18H17N5O. The van der Waals surface area contributed by atoms with Gasteiger partial charge in [-0.25, -0.2) is 0 Å². The molecule has 120 valence electrons. The second-order valence-corrected chi connectivity index (χ2v) is 6.23. The van der Waals surface area contributed by atoms with E-state index in [-0.39, 0.29) is 11.9 Å². The van der Waals surface area contributed by atoms with Gasteiger partial charge in [0.05, 0.1) is 24.2 Å². The number of aromatic nitrogens is 3. The number of hydrogen-bond donors (Lipinski definition) is 0. The summed E-state index contributed by atoms with van der Waals surface area (Å²) in [6.45, 7) is 1.30. The highest BCUT2D eigenvalue weighted by Crippen LogP contribution is 2.25. The van der Waals surface area contributed by atoms with E-state index in [0.29, 0.717) is 25.1 Å². The maximum atomic E-state index is 12.5. The minimum atomic E-state index is 0.135. The van der Waals surface area contributed by atoms with E-state index in [1.165, 1.54) is 0 Å². The van der Waals surface area contributed by atoms with Crippen molar-refractivity contribution in [3.63, 3.8) is 0 Å². The maximum Gasteiger partial charge on any atom is 0.227 e. The maximum absolute atomic E-state index is 12.5. The number of aryl methyl sites for hydroxylation is 1. The van der Waals surface area contributed by atoms with Crippen LogP contribution in [0.3, 0.4) is 0 Å². The van der Waals surface area contributed by atoms with Crippen LogP contribution < -0.4 is 0 Å². The van der Waals surface area contributed by atoms with E-state index in [1.807, 2.05) is 30.3 Å². The van der Waals surface area contributed by atoms with Crippen molar-refractivity contribution in [1.29, 1.82) is 5.26 Å². The van der Waals surface area contributed by atoms with Crippen molar-refractivity contribution in [3.8, 4) is 6.07 Å². The zero-order chi connectivity index (χ0) is 16.7. The summed E-state index contributed by atoms with van der Waals surface area (Å²) in [5.41, 5.74) is 2.75. The molecule has 0 N–H and O–H groups in total. The van der Waals surface area contributed by atoms with E-state index in [9.17, 15) is 4.79 Å². The lowest BCUT2D eigenvalue weighted by Gasteiger charge is -2.39. The average molecular weight is 319 g/mol. The van der Waals surface area contributed by atoms with E-state index >= 15 is 0 Å². The molecule has 0 unspecified atom stereocenters. The SMILES string of the molecule is Cn1cc(CC(=O)N2CC(n3cc(C#N)cn3)C2)c2ccccc21. The average Bonchev–Trinajstić information content (AvgIpc) is 3.12. The highest BCUT2D eigenvalue weighted by atomic mass is 16.2. The largest absolute Gasteiger partial charge is 0.350 e. The minimum Gasteiger partial charge on any atom is -0.350 e. The van der Waals surface area contributed by atoms with Crippen molar-refractivity contribution in [3.05, 3.63) is 54.0 Å². The molecule has 0 bridgehead atoms. The molecule has 0 aliphatic carbocycles. The van der Waals surface area contributed by atoms with Crippen molar-refractivity contribution in [2.45, 2.75) is 12.5 Å². The molecule has 6 nitrogen and oxygen atoms in total. The van der Waals surface area contributed by atoms with Crippen LogP contribution in [0.1, 0.15) is 17.2 Å². The molecule has 0 spiro atoms. The van der Waals surface area contributed by atoms with Crippen LogP contribution >= 0.6 is 0 Å². The van der Waals surface area contributed by atoms with Gasteiger partial charge in [-0.1, -0.05) is 18.2 Å². The summed E-state index contributed by atoms with van der Waals surface area (Å²) in [6, 6.07) is 10.4. The molecule has 0 saturated carbocycles. The van der Waals surface area contributed by atoms with Crippen LogP contribution in [0, 0.1) is 11.3 Å². The number of nitriles is 1. The topological polar surface area (TPSA) is 66.8 Å². The summed E-state index contributed by atoms with van der Waals surface area (Å²) in [4.78, 5) is 14.4. The van der Waals surface area contributed by atoms with Crippen LogP contribution in [-0.4, -0.2) is 38.2 Å². The number of hydrogen-bond acceptors (Lipinski definition) is 3. The van der Waals surface area contributed by atoms with E-state index in [0.717, 1.165) is 16.5 Å². The Kier molecular flexibility index (Phi) is 3.35. The van der Waals surface area contributed by atoms with Crippen LogP contribution in [0.5, 0.6) is 0 Å². The Labute approximate surface area is 139 Å². The third-order valence-corrected chi connectivity index (χ3v) is 4.64. The summed E-state index contributed by atoms with van der Waals surface area (Å²) in [7, 11) is 2.00. The van der Waals surface area contributed by atoms with E-state index in [1.54, 1.807) is 17.1 Å². The Morgan fingerprint density at radius 3 is 2.88 bits per heavy atom. The zero-order valence-electron chi connectivity index (χ0n) is 13.4. The summed E-state index contributed by atoms with van der Waals surface area (Å²) in [5.74, 6) is 0.135. The molecule has 1 fully saturated rings. The van der Waals surface area contributed by atoms with Gasteiger partial charge in [0.15, 0.2) is 0 Å². The summed E-state index contributed by atoms with van der Waals surface area (Å²) < 4.78 is 3.84. The summed E-state index contributed by atoms with van der Waals surface area (Å²) >= 11 is 0. The molecule has 1 aliphatic heterocycles. The second kappa shape index (κ2) is 5.53. The normalized spacial score (nSPS) is 14.6. The molecule has 24 heavy (non-hydrogen) atoms. The van der Waals surface area contributed by atoms with Gasteiger partial charge in [-0.05, 0) is 11.6 Å². The zero-order valence-corrected chi connectivity index (χ0v) is 13.4. The Morgan fingerprint density at radius 1 is 1.33 bits per heavy atom. The molecule has 1 saturated heterocycles. The summed E-state index contributed by atoms with van der Waals surface area (Å²) in [6.07, 6.45) is 5.74. The molecule has 1 aliphatic rings. The molecular weight excluding hydrogens is 302 g/mol. The van der Waals surface area contributed by atoms with Gasteiger partial charge in [-0.2, -0.15) is 10.4 Å². The summed E-state index contributed by atoms with van der Waals surface area (Å²) in [5, 5.41) is 14.2. The van der Waals surface area contributed by atoms with Gasteiger partial charge in [0.2, 0.25) is 5.91 Å². The molecule has 4 rings (SSSR count). The standard InChI is InChI=1S/C18H17N5O/c1-21-10-14(16-4-2-3-5-17(16)21)6-18(24)22-11-15(12-22)23-9-13(7-19)8-20-23/h2-5,8-10,15H,6,11-12H2,1H3. The number of fused-ring (bicyclic) bond motifs is 1. The first-order valence-electron chi connectivity index (χ1n) is 7.90. The first kappa shape index (κ1) is 14.5. The van der Waals surface area contributed by atoms with Gasteiger partial charge in [0.1, 0.15) is 6.07 Å². The Hall–Kier alpha value is -3.07. The predicted molar refractivity (Wildman–Crippen MR) is 89.2 cm³/mol. The fraction of sp³-hybridized carbons (Fsp3) is 0.278. The minimum absolute atomic E-state index is 0.135. The molecule has 2 aromatic heterocycles. The first-order valence-corrected chi connectivity index (χ1v) is 7.90. The van der Waals surface area contributed by atoms with Gasteiger partial charge in [-0.3, -0.25) is 9.48 Å². The lowest BCUT2D eigenvalue weighted by Crippen LogP contribution is -2.51. The lowest BCUT2D eigenvalue weighted by molar-refractivity contribution is -0.136. The van der Waals surface area contributed by atoms with E-state index < -0.39 is 0 Å². The van der Waals surface area contributed by atoms with Crippen LogP contribution in [0.15, 0.2) is 42.9 Å². The highest BCUT2D eigenvalue weighted by molar-refractivity contribution is 5.89. The molecule has 1 aromatic carbocycles. The molecule has 3 heterocycles. The van der Waals surface area contributed by atoms with Crippen molar-refractivity contribution < 1.29 is 4.79 Å². The molecule has 1 amide bonds. The van der Waals surface area contributed by atoms with E-state index in [4.69, 9.17) is 5.26 Å². The number of likely N-dealkylation sites (tertiary alicyclic amines) is 1. The highest BCUT2D eigenvalue weighted by Gasteiger charge is 2.32. The second-order valence-electron chi connectivity index (χ2n) is 6.23. The number of benzene rings is 1. The number of nitrogens with zero attached hydrogens (tertiary/aromatic N) is 5. The Morgan fingerprint density at radius 2 is 2.12 bits per heavy atom. The van der Waals surface area contributed by atoms with Gasteiger partial charge in [-0.15, -0.1) is 0 Å². The van der Waals surface area contributed by atoms with Crippen LogP contribution in [0.4, 0.5) is 0 Å². The fourth-order valence-electron chi connectivity index (χ4n) is 3.26. The Balaban J connectivity index is 1.43. The van der Waals surface area contributed by atoms with Gasteiger partial charge < -0.3 is 9.47 Å². The lowest BCUT2D eigenvalue weighted by atomic mass is 10.1. The third kappa shape index (κ3) is 2.35. The van der Waals surface area contributed by atoms with Crippen molar-refractivity contribution in [1.82, 2.24) is 19.2 Å². The van der Waals surface area contributed by atoms with Crippen LogP contribution in [-0.2, 0) is 18.3 Å². The van der Waals surface area contributed by atoms with Crippen molar-refractivity contribution in [2.75, 3.05) is 13.1 Å². The number of carbonyl (C=O) groups excluding carboxylic acids is 1. The Bertz CT molecular complexity index is 955. The van der Waals surface area contributed by atoms with Gasteiger partial charge >= 0.3 is 0 Å². The fourth-order valence-corrected chi connectivity index (χ4v) is 3.26. The first-order chi connectivity index (χ1) is 11.7. The van der Waals surface area contributed by atoms with Crippen molar-refractivity contribution in [2.24, 2.45) is 7.05 Å². The number of rotatable bonds is 3. The molecule has 6 heteroatoms. The smallest absolute Gasteiger partial charge is 0.227 e.